The summed E-state index contributed by atoms with van der Waals surface area (Å²) >= 11 is 0. The SMILES string of the molecule is CC(OS(=O)(=O)C(F)(F)F)c1cc(F)cc(F)c1. The first-order valence-electron chi connectivity index (χ1n) is 4.48. The Bertz CT molecular complexity index is 517. The number of hydrogen-bond acceptors (Lipinski definition) is 3. The molecule has 0 radical (unpaired) electrons. The Morgan fingerprint density at radius 2 is 1.56 bits per heavy atom. The van der Waals surface area contributed by atoms with E-state index in [2.05, 4.69) is 4.18 Å². The number of halogens is 5. The smallest absolute Gasteiger partial charge is 0.255 e. The molecule has 0 amide bonds. The maximum absolute atomic E-state index is 12.8. The predicted octanol–water partition coefficient (Wildman–Crippen LogP) is 2.89. The van der Waals surface area contributed by atoms with Crippen LogP contribution in [0.2, 0.25) is 0 Å². The number of rotatable bonds is 3. The molecule has 102 valence electrons. The minimum atomic E-state index is -5.82. The maximum Gasteiger partial charge on any atom is 0.523 e. The largest absolute Gasteiger partial charge is 0.523 e. The second-order valence-corrected chi connectivity index (χ2v) is 4.90. The van der Waals surface area contributed by atoms with Gasteiger partial charge in [0.15, 0.2) is 0 Å². The normalized spacial score (nSPS) is 14.6. The summed E-state index contributed by atoms with van der Waals surface area (Å²) in [6.07, 6.45) is -1.66. The zero-order valence-electron chi connectivity index (χ0n) is 8.83. The molecule has 0 aromatic heterocycles. The fourth-order valence-electron chi connectivity index (χ4n) is 1.11. The number of benzene rings is 1. The fourth-order valence-corrected chi connectivity index (χ4v) is 1.71. The first kappa shape index (κ1) is 14.8. The van der Waals surface area contributed by atoms with Crippen molar-refractivity contribution in [1.82, 2.24) is 0 Å². The van der Waals surface area contributed by atoms with Crippen LogP contribution in [0.25, 0.3) is 0 Å². The van der Waals surface area contributed by atoms with Gasteiger partial charge in [0, 0.05) is 6.07 Å². The summed E-state index contributed by atoms with van der Waals surface area (Å²) in [7, 11) is -5.82. The highest BCUT2D eigenvalue weighted by atomic mass is 32.2. The van der Waals surface area contributed by atoms with Gasteiger partial charge in [0.25, 0.3) is 0 Å². The van der Waals surface area contributed by atoms with E-state index in [0.717, 1.165) is 6.92 Å². The lowest BCUT2D eigenvalue weighted by atomic mass is 10.1. The summed E-state index contributed by atoms with van der Waals surface area (Å²) in [6, 6.07) is 1.85. The molecule has 0 aliphatic heterocycles. The van der Waals surface area contributed by atoms with Crippen LogP contribution < -0.4 is 0 Å². The molecule has 0 aliphatic carbocycles. The third-order valence-corrected chi connectivity index (χ3v) is 3.02. The Kier molecular flexibility index (Phi) is 3.96. The van der Waals surface area contributed by atoms with Crippen LogP contribution in [0.15, 0.2) is 18.2 Å². The van der Waals surface area contributed by atoms with Crippen LogP contribution in [-0.4, -0.2) is 13.9 Å². The van der Waals surface area contributed by atoms with Crippen molar-refractivity contribution in [2.45, 2.75) is 18.5 Å². The zero-order chi connectivity index (χ0) is 14.1. The van der Waals surface area contributed by atoms with Crippen molar-refractivity contribution in [2.75, 3.05) is 0 Å². The van der Waals surface area contributed by atoms with Crippen molar-refractivity contribution < 1.29 is 34.6 Å². The van der Waals surface area contributed by atoms with E-state index in [1.807, 2.05) is 0 Å². The molecule has 0 fully saturated rings. The van der Waals surface area contributed by atoms with Gasteiger partial charge in [-0.3, -0.25) is 4.18 Å². The van der Waals surface area contributed by atoms with Crippen LogP contribution in [0.5, 0.6) is 0 Å². The quantitative estimate of drug-likeness (QED) is 0.488. The van der Waals surface area contributed by atoms with Crippen LogP contribution in [0.1, 0.15) is 18.6 Å². The summed E-state index contributed by atoms with van der Waals surface area (Å²) in [4.78, 5) is 0. The molecule has 0 saturated heterocycles. The molecule has 1 aromatic rings. The molecule has 0 N–H and O–H groups in total. The molecule has 1 rings (SSSR count). The lowest BCUT2D eigenvalue weighted by molar-refractivity contribution is -0.0569. The van der Waals surface area contributed by atoms with Gasteiger partial charge < -0.3 is 0 Å². The second kappa shape index (κ2) is 4.81. The van der Waals surface area contributed by atoms with E-state index in [9.17, 15) is 30.4 Å². The molecule has 0 spiro atoms. The fraction of sp³-hybridized carbons (Fsp3) is 0.333. The lowest BCUT2D eigenvalue weighted by Gasteiger charge is -2.14. The predicted molar refractivity (Wildman–Crippen MR) is 50.8 cm³/mol. The number of alkyl halides is 3. The van der Waals surface area contributed by atoms with E-state index in [4.69, 9.17) is 0 Å². The van der Waals surface area contributed by atoms with Crippen molar-refractivity contribution in [3.05, 3.63) is 35.4 Å². The first-order valence-corrected chi connectivity index (χ1v) is 5.89. The van der Waals surface area contributed by atoms with Crippen molar-refractivity contribution >= 4 is 10.1 Å². The second-order valence-electron chi connectivity index (χ2n) is 3.34. The number of hydrogen-bond donors (Lipinski definition) is 0. The van der Waals surface area contributed by atoms with Gasteiger partial charge in [0.05, 0.1) is 6.10 Å². The molecule has 3 nitrogen and oxygen atoms in total. The minimum Gasteiger partial charge on any atom is -0.255 e. The molecule has 18 heavy (non-hydrogen) atoms. The third kappa shape index (κ3) is 3.39. The Labute approximate surface area is 99.3 Å². The van der Waals surface area contributed by atoms with E-state index in [1.54, 1.807) is 0 Å². The minimum absolute atomic E-state index is 0.361. The lowest BCUT2D eigenvalue weighted by Crippen LogP contribution is -2.26. The molecular formula is C9H7F5O3S. The molecule has 0 aliphatic rings. The van der Waals surface area contributed by atoms with Crippen molar-refractivity contribution in [1.29, 1.82) is 0 Å². The summed E-state index contributed by atoms with van der Waals surface area (Å²) in [5.41, 5.74) is -5.95. The molecule has 0 saturated carbocycles. The van der Waals surface area contributed by atoms with E-state index < -0.39 is 33.4 Å². The summed E-state index contributed by atoms with van der Waals surface area (Å²) in [5, 5.41) is 0. The highest BCUT2D eigenvalue weighted by molar-refractivity contribution is 7.87. The molecule has 0 heterocycles. The molecule has 1 aromatic carbocycles. The molecule has 1 unspecified atom stereocenters. The van der Waals surface area contributed by atoms with Crippen LogP contribution >= 0.6 is 0 Å². The van der Waals surface area contributed by atoms with Gasteiger partial charge in [-0.1, -0.05) is 0 Å². The topological polar surface area (TPSA) is 43.4 Å². The van der Waals surface area contributed by atoms with Gasteiger partial charge in [0.1, 0.15) is 11.6 Å². The molecule has 1 atom stereocenters. The van der Waals surface area contributed by atoms with Crippen LogP contribution in [0.4, 0.5) is 22.0 Å². The Morgan fingerprint density at radius 3 is 1.94 bits per heavy atom. The van der Waals surface area contributed by atoms with Crippen molar-refractivity contribution in [2.24, 2.45) is 0 Å². The average Bonchev–Trinajstić information content (AvgIpc) is 2.13. The zero-order valence-corrected chi connectivity index (χ0v) is 9.65. The van der Waals surface area contributed by atoms with Crippen LogP contribution in [0, 0.1) is 11.6 Å². The van der Waals surface area contributed by atoms with Gasteiger partial charge in [-0.2, -0.15) is 21.6 Å². The molecular weight excluding hydrogens is 283 g/mol. The summed E-state index contributed by atoms with van der Waals surface area (Å²) in [6.45, 7) is 0.928. The van der Waals surface area contributed by atoms with E-state index >= 15 is 0 Å². The van der Waals surface area contributed by atoms with Crippen molar-refractivity contribution in [3.8, 4) is 0 Å². The molecule has 0 bridgehead atoms. The summed E-state index contributed by atoms with van der Waals surface area (Å²) < 4.78 is 86.8. The monoisotopic (exact) mass is 290 g/mol. The van der Waals surface area contributed by atoms with Crippen LogP contribution in [-0.2, 0) is 14.3 Å². The van der Waals surface area contributed by atoms with Gasteiger partial charge in [-0.15, -0.1) is 0 Å². The first-order chi connectivity index (χ1) is 8.03. The maximum atomic E-state index is 12.8. The van der Waals surface area contributed by atoms with Crippen molar-refractivity contribution in [3.63, 3.8) is 0 Å². The standard InChI is InChI=1S/C9H7F5O3S/c1-5(17-18(15,16)9(12,13)14)6-2-7(10)4-8(11)3-6/h2-5H,1H3. The van der Waals surface area contributed by atoms with E-state index in [0.29, 0.717) is 18.2 Å². The Balaban J connectivity index is 3.00. The average molecular weight is 290 g/mol. The van der Waals surface area contributed by atoms with E-state index in [-0.39, 0.29) is 5.56 Å². The van der Waals surface area contributed by atoms with Gasteiger partial charge in [-0.05, 0) is 24.6 Å². The van der Waals surface area contributed by atoms with E-state index in [1.165, 1.54) is 0 Å². The summed E-state index contributed by atoms with van der Waals surface area (Å²) in [5.74, 6) is -2.10. The van der Waals surface area contributed by atoms with Gasteiger partial charge >= 0.3 is 15.6 Å². The van der Waals surface area contributed by atoms with Crippen LogP contribution in [0.3, 0.4) is 0 Å². The Morgan fingerprint density at radius 1 is 1.11 bits per heavy atom. The highest BCUT2D eigenvalue weighted by Crippen LogP contribution is 2.30. The highest BCUT2D eigenvalue weighted by Gasteiger charge is 2.48. The Hall–Kier alpha value is -1.22. The molecule has 9 heteroatoms. The third-order valence-electron chi connectivity index (χ3n) is 1.91. The van der Waals surface area contributed by atoms with Gasteiger partial charge in [0.2, 0.25) is 0 Å². The van der Waals surface area contributed by atoms with Gasteiger partial charge in [-0.25, -0.2) is 8.78 Å².